The fourth-order valence-electron chi connectivity index (χ4n) is 3.99. The van der Waals surface area contributed by atoms with Crippen molar-refractivity contribution in [3.63, 3.8) is 0 Å². The van der Waals surface area contributed by atoms with Gasteiger partial charge in [0.15, 0.2) is 0 Å². The molecular weight excluding hydrogens is 196 g/mol. The lowest BCUT2D eigenvalue weighted by molar-refractivity contribution is -0.127. The summed E-state index contributed by atoms with van der Waals surface area (Å²) in [6.45, 7) is 4.52. The molecule has 1 nitrogen and oxygen atoms in total. The van der Waals surface area contributed by atoms with E-state index in [4.69, 9.17) is 0 Å². The maximum Gasteiger partial charge on any atom is 0.137 e. The van der Waals surface area contributed by atoms with Crippen molar-refractivity contribution in [2.45, 2.75) is 33.1 Å². The second-order valence-corrected chi connectivity index (χ2v) is 5.96. The van der Waals surface area contributed by atoms with Gasteiger partial charge in [-0.25, -0.2) is 0 Å². The number of carbonyl (C=O) groups excluding carboxylic acids is 1. The first-order valence-corrected chi connectivity index (χ1v) is 6.76. The van der Waals surface area contributed by atoms with Gasteiger partial charge in [0.2, 0.25) is 0 Å². The van der Waals surface area contributed by atoms with Crippen LogP contribution in [0.1, 0.15) is 33.1 Å². The third-order valence-corrected chi connectivity index (χ3v) is 5.17. The van der Waals surface area contributed by atoms with Crippen molar-refractivity contribution in [3.8, 4) is 0 Å². The SMILES string of the molecule is CCC(C)C1[CH]C2C3C=CC(C3)C2C(=O)C1. The lowest BCUT2D eigenvalue weighted by Crippen LogP contribution is -2.37. The van der Waals surface area contributed by atoms with Crippen LogP contribution in [-0.4, -0.2) is 5.78 Å². The molecule has 2 fully saturated rings. The van der Waals surface area contributed by atoms with Gasteiger partial charge in [0.05, 0.1) is 0 Å². The third-order valence-electron chi connectivity index (χ3n) is 5.17. The predicted molar refractivity (Wildman–Crippen MR) is 64.6 cm³/mol. The molecule has 0 aromatic carbocycles. The fraction of sp³-hybridized carbons (Fsp3) is 0.733. The number of hydrogen-bond acceptors (Lipinski definition) is 1. The molecule has 87 valence electrons. The Bertz CT molecular complexity index is 330. The number of Topliss-reactive ketones (excluding diaryl/α,β-unsaturated/α-hetero) is 1. The van der Waals surface area contributed by atoms with E-state index in [0.29, 0.717) is 41.3 Å². The van der Waals surface area contributed by atoms with Gasteiger partial charge < -0.3 is 0 Å². The van der Waals surface area contributed by atoms with Crippen molar-refractivity contribution < 1.29 is 4.79 Å². The highest BCUT2D eigenvalue weighted by atomic mass is 16.1. The van der Waals surface area contributed by atoms with Gasteiger partial charge in [-0.15, -0.1) is 0 Å². The van der Waals surface area contributed by atoms with E-state index in [1.54, 1.807) is 0 Å². The maximum absolute atomic E-state index is 12.2. The molecule has 0 N–H and O–H groups in total. The second kappa shape index (κ2) is 3.72. The molecule has 0 spiro atoms. The molecule has 2 saturated carbocycles. The molecule has 6 atom stereocenters. The Morgan fingerprint density at radius 1 is 1.38 bits per heavy atom. The summed E-state index contributed by atoms with van der Waals surface area (Å²) in [5.74, 6) is 3.97. The summed E-state index contributed by atoms with van der Waals surface area (Å²) in [4.78, 5) is 12.2. The van der Waals surface area contributed by atoms with E-state index in [1.807, 2.05) is 0 Å². The Morgan fingerprint density at radius 2 is 2.12 bits per heavy atom. The van der Waals surface area contributed by atoms with Gasteiger partial charge >= 0.3 is 0 Å². The predicted octanol–water partition coefficient (Wildman–Crippen LogP) is 3.26. The summed E-state index contributed by atoms with van der Waals surface area (Å²) in [6, 6.07) is 0. The number of carbonyl (C=O) groups is 1. The fourth-order valence-corrected chi connectivity index (χ4v) is 3.99. The quantitative estimate of drug-likeness (QED) is 0.649. The minimum atomic E-state index is 0.357. The van der Waals surface area contributed by atoms with Crippen molar-refractivity contribution in [1.82, 2.24) is 0 Å². The molecule has 0 aliphatic heterocycles. The van der Waals surface area contributed by atoms with Gasteiger partial charge in [0, 0.05) is 12.3 Å². The van der Waals surface area contributed by atoms with Crippen molar-refractivity contribution >= 4 is 5.78 Å². The second-order valence-electron chi connectivity index (χ2n) is 5.96. The first-order valence-electron chi connectivity index (χ1n) is 6.76. The highest BCUT2D eigenvalue weighted by Crippen LogP contribution is 2.54. The van der Waals surface area contributed by atoms with Gasteiger partial charge in [-0.2, -0.15) is 0 Å². The van der Waals surface area contributed by atoms with E-state index in [-0.39, 0.29) is 0 Å². The topological polar surface area (TPSA) is 17.1 Å². The van der Waals surface area contributed by atoms with Crippen molar-refractivity contribution in [2.75, 3.05) is 0 Å². The summed E-state index contributed by atoms with van der Waals surface area (Å²) in [5, 5.41) is 0. The van der Waals surface area contributed by atoms with E-state index in [2.05, 4.69) is 32.4 Å². The molecule has 1 radical (unpaired) electrons. The summed E-state index contributed by atoms with van der Waals surface area (Å²) < 4.78 is 0. The van der Waals surface area contributed by atoms with Gasteiger partial charge in [-0.3, -0.25) is 4.79 Å². The smallest absolute Gasteiger partial charge is 0.137 e. The highest BCUT2D eigenvalue weighted by Gasteiger charge is 2.51. The number of fused-ring (bicyclic) bond motifs is 5. The van der Waals surface area contributed by atoms with Crippen LogP contribution in [0.15, 0.2) is 12.2 Å². The van der Waals surface area contributed by atoms with Crippen LogP contribution < -0.4 is 0 Å². The molecule has 3 aliphatic rings. The Hall–Kier alpha value is -0.590. The van der Waals surface area contributed by atoms with E-state index >= 15 is 0 Å². The molecule has 0 aromatic rings. The zero-order valence-electron chi connectivity index (χ0n) is 10.2. The molecule has 3 aliphatic carbocycles. The largest absolute Gasteiger partial charge is 0.299 e. The molecule has 0 saturated heterocycles. The molecule has 16 heavy (non-hydrogen) atoms. The Labute approximate surface area is 98.3 Å². The van der Waals surface area contributed by atoms with Crippen molar-refractivity contribution in [1.29, 1.82) is 0 Å². The molecule has 1 heteroatoms. The third kappa shape index (κ3) is 1.40. The Balaban J connectivity index is 1.80. The van der Waals surface area contributed by atoms with Crippen LogP contribution in [0.2, 0.25) is 0 Å². The van der Waals surface area contributed by atoms with Gasteiger partial charge in [0.1, 0.15) is 5.78 Å². The van der Waals surface area contributed by atoms with E-state index < -0.39 is 0 Å². The van der Waals surface area contributed by atoms with Gasteiger partial charge in [-0.05, 0) is 42.4 Å². The molecule has 2 bridgehead atoms. The summed E-state index contributed by atoms with van der Waals surface area (Å²) in [7, 11) is 0. The van der Waals surface area contributed by atoms with E-state index in [0.717, 1.165) is 6.42 Å². The van der Waals surface area contributed by atoms with Crippen LogP contribution in [0.5, 0.6) is 0 Å². The number of hydrogen-bond donors (Lipinski definition) is 0. The average Bonchev–Trinajstić information content (AvgIpc) is 2.88. The van der Waals surface area contributed by atoms with E-state index in [1.165, 1.54) is 12.8 Å². The molecular formula is C15H21O. The van der Waals surface area contributed by atoms with Gasteiger partial charge in [-0.1, -0.05) is 32.4 Å². The van der Waals surface area contributed by atoms with Crippen LogP contribution in [0.3, 0.4) is 0 Å². The molecule has 0 heterocycles. The average molecular weight is 217 g/mol. The lowest BCUT2D eigenvalue weighted by atomic mass is 9.66. The van der Waals surface area contributed by atoms with Crippen molar-refractivity contribution in [3.05, 3.63) is 18.6 Å². The first kappa shape index (κ1) is 10.6. The number of ketones is 1. The minimum absolute atomic E-state index is 0.357. The Kier molecular flexibility index (Phi) is 2.45. The molecule has 3 rings (SSSR count). The molecule has 0 aromatic heterocycles. The zero-order valence-corrected chi connectivity index (χ0v) is 10.2. The first-order chi connectivity index (χ1) is 7.70. The summed E-state index contributed by atoms with van der Waals surface area (Å²) in [6.07, 6.45) is 10.4. The Morgan fingerprint density at radius 3 is 2.88 bits per heavy atom. The summed E-state index contributed by atoms with van der Waals surface area (Å²) in [5.41, 5.74) is 0. The molecule has 0 amide bonds. The number of rotatable bonds is 2. The van der Waals surface area contributed by atoms with Crippen molar-refractivity contribution in [2.24, 2.45) is 35.5 Å². The normalized spacial score (nSPS) is 47.1. The van der Waals surface area contributed by atoms with E-state index in [9.17, 15) is 4.79 Å². The monoisotopic (exact) mass is 217 g/mol. The summed E-state index contributed by atoms with van der Waals surface area (Å²) >= 11 is 0. The van der Waals surface area contributed by atoms with Crippen LogP contribution in [0, 0.1) is 41.9 Å². The van der Waals surface area contributed by atoms with Crippen LogP contribution in [0.25, 0.3) is 0 Å². The maximum atomic E-state index is 12.2. The standard InChI is InChI=1S/C15H21O/c1-3-9(2)12-7-13-10-4-5-11(6-10)15(13)14(16)8-12/h4-5,7,9-13,15H,3,6,8H2,1-2H3. The van der Waals surface area contributed by atoms with Crippen LogP contribution in [0.4, 0.5) is 0 Å². The lowest BCUT2D eigenvalue weighted by Gasteiger charge is -2.37. The van der Waals surface area contributed by atoms with Crippen LogP contribution >= 0.6 is 0 Å². The zero-order chi connectivity index (χ0) is 11.3. The minimum Gasteiger partial charge on any atom is -0.299 e. The number of allylic oxidation sites excluding steroid dienone is 2. The molecule has 6 unspecified atom stereocenters. The highest BCUT2D eigenvalue weighted by molar-refractivity contribution is 5.84. The van der Waals surface area contributed by atoms with Gasteiger partial charge in [0.25, 0.3) is 0 Å². The van der Waals surface area contributed by atoms with Crippen LogP contribution in [-0.2, 0) is 4.79 Å².